The molecule has 0 bridgehead atoms. The number of carbonyl (C=O) groups is 1. The largest absolute Gasteiger partial charge is 0.477 e. The van der Waals surface area contributed by atoms with Crippen molar-refractivity contribution in [1.29, 1.82) is 0 Å². The van der Waals surface area contributed by atoms with E-state index in [0.717, 1.165) is 11.3 Å². The number of benzene rings is 1. The van der Waals surface area contributed by atoms with Crippen molar-refractivity contribution in [3.63, 3.8) is 0 Å². The summed E-state index contributed by atoms with van der Waals surface area (Å²) in [7, 11) is 0. The molecule has 5 heteroatoms. The summed E-state index contributed by atoms with van der Waals surface area (Å²) in [5.41, 5.74) is 0.371. The van der Waals surface area contributed by atoms with E-state index in [0.29, 0.717) is 22.2 Å². The molecule has 0 amide bonds. The van der Waals surface area contributed by atoms with E-state index in [2.05, 4.69) is 5.32 Å². The van der Waals surface area contributed by atoms with Crippen LogP contribution in [0, 0.1) is 5.82 Å². The Bertz CT molecular complexity index is 628. The van der Waals surface area contributed by atoms with Gasteiger partial charge in [0.15, 0.2) is 0 Å². The molecule has 2 aromatic rings. The second kappa shape index (κ2) is 4.90. The highest BCUT2D eigenvalue weighted by Crippen LogP contribution is 2.33. The lowest BCUT2D eigenvalue weighted by molar-refractivity contribution is 0.0701. The molecule has 0 aliphatic rings. The van der Waals surface area contributed by atoms with E-state index in [1.54, 1.807) is 12.1 Å². The molecule has 0 fully saturated rings. The van der Waals surface area contributed by atoms with Crippen molar-refractivity contribution in [1.82, 2.24) is 5.32 Å². The van der Waals surface area contributed by atoms with Crippen LogP contribution in [0.2, 0.25) is 0 Å². The number of thiophene rings is 1. The van der Waals surface area contributed by atoms with Crippen molar-refractivity contribution in [3.05, 3.63) is 34.5 Å². The molecule has 0 saturated carbocycles. The SMILES string of the molecule is CC(C)(C)NCc1c(C(=O)O)sc2cccc(F)c12. The first-order chi connectivity index (χ1) is 8.79. The molecule has 19 heavy (non-hydrogen) atoms. The summed E-state index contributed by atoms with van der Waals surface area (Å²) in [4.78, 5) is 11.5. The maximum Gasteiger partial charge on any atom is 0.346 e. The number of nitrogens with one attached hydrogen (secondary N) is 1. The van der Waals surface area contributed by atoms with E-state index in [9.17, 15) is 14.3 Å². The molecule has 0 aliphatic heterocycles. The molecule has 3 nitrogen and oxygen atoms in total. The van der Waals surface area contributed by atoms with E-state index in [1.165, 1.54) is 6.07 Å². The zero-order valence-electron chi connectivity index (χ0n) is 11.1. The zero-order valence-corrected chi connectivity index (χ0v) is 11.9. The Balaban J connectivity index is 2.55. The van der Waals surface area contributed by atoms with Gasteiger partial charge in [0.2, 0.25) is 0 Å². The summed E-state index contributed by atoms with van der Waals surface area (Å²) in [5, 5.41) is 12.9. The maximum absolute atomic E-state index is 13.9. The number of hydrogen-bond donors (Lipinski definition) is 2. The third-order valence-electron chi connectivity index (χ3n) is 2.75. The number of carboxylic acid groups (broad SMARTS) is 1. The molecule has 0 unspecified atom stereocenters. The highest BCUT2D eigenvalue weighted by atomic mass is 32.1. The topological polar surface area (TPSA) is 49.3 Å². The molecule has 1 heterocycles. The lowest BCUT2D eigenvalue weighted by Crippen LogP contribution is -2.35. The van der Waals surface area contributed by atoms with E-state index in [-0.39, 0.29) is 16.2 Å². The first-order valence-electron chi connectivity index (χ1n) is 5.98. The number of fused-ring (bicyclic) bond motifs is 1. The summed E-state index contributed by atoms with van der Waals surface area (Å²) in [6.07, 6.45) is 0. The van der Waals surface area contributed by atoms with Gasteiger partial charge in [-0.25, -0.2) is 9.18 Å². The van der Waals surface area contributed by atoms with Crippen LogP contribution in [0.15, 0.2) is 18.2 Å². The summed E-state index contributed by atoms with van der Waals surface area (Å²) in [5.74, 6) is -1.38. The second-order valence-corrected chi connectivity index (χ2v) is 6.48. The number of halogens is 1. The summed E-state index contributed by atoms with van der Waals surface area (Å²) >= 11 is 1.12. The Morgan fingerprint density at radius 3 is 2.68 bits per heavy atom. The van der Waals surface area contributed by atoms with Gasteiger partial charge in [-0.1, -0.05) is 6.07 Å². The van der Waals surface area contributed by atoms with Crippen molar-refractivity contribution in [2.24, 2.45) is 0 Å². The average molecular weight is 281 g/mol. The Hall–Kier alpha value is -1.46. The Morgan fingerprint density at radius 1 is 1.42 bits per heavy atom. The molecule has 0 spiro atoms. The fourth-order valence-corrected chi connectivity index (χ4v) is 2.94. The summed E-state index contributed by atoms with van der Waals surface area (Å²) in [6.45, 7) is 6.29. The first-order valence-corrected chi connectivity index (χ1v) is 6.79. The Kier molecular flexibility index (Phi) is 3.60. The molecule has 102 valence electrons. The maximum atomic E-state index is 13.9. The van der Waals surface area contributed by atoms with Crippen molar-refractivity contribution in [2.45, 2.75) is 32.9 Å². The molecular formula is C14H16FNO2S. The third-order valence-corrected chi connectivity index (χ3v) is 3.94. The number of carboxylic acids is 1. The zero-order chi connectivity index (χ0) is 14.2. The number of aromatic carboxylic acids is 1. The minimum absolute atomic E-state index is 0.157. The van der Waals surface area contributed by atoms with Crippen LogP contribution < -0.4 is 5.32 Å². The standard InChI is InChI=1S/C14H16FNO2S/c1-14(2,3)16-7-8-11-9(15)5-4-6-10(11)19-12(8)13(17)18/h4-6,16H,7H2,1-3H3,(H,17,18). The highest BCUT2D eigenvalue weighted by molar-refractivity contribution is 7.21. The summed E-state index contributed by atoms with van der Waals surface area (Å²) in [6, 6.07) is 4.71. The van der Waals surface area contributed by atoms with Gasteiger partial charge in [-0.05, 0) is 32.9 Å². The van der Waals surface area contributed by atoms with E-state index >= 15 is 0 Å². The quantitative estimate of drug-likeness (QED) is 0.903. The van der Waals surface area contributed by atoms with Gasteiger partial charge in [-0.3, -0.25) is 0 Å². The Morgan fingerprint density at radius 2 is 2.11 bits per heavy atom. The van der Waals surface area contributed by atoms with Crippen molar-refractivity contribution >= 4 is 27.4 Å². The minimum Gasteiger partial charge on any atom is -0.477 e. The van der Waals surface area contributed by atoms with Crippen molar-refractivity contribution in [2.75, 3.05) is 0 Å². The van der Waals surface area contributed by atoms with Crippen LogP contribution in [0.3, 0.4) is 0 Å². The van der Waals surface area contributed by atoms with Gasteiger partial charge in [0.25, 0.3) is 0 Å². The molecule has 0 radical (unpaired) electrons. The van der Waals surface area contributed by atoms with Crippen LogP contribution in [0.5, 0.6) is 0 Å². The van der Waals surface area contributed by atoms with Gasteiger partial charge in [0, 0.05) is 27.7 Å². The number of hydrogen-bond acceptors (Lipinski definition) is 3. The van der Waals surface area contributed by atoms with Gasteiger partial charge in [0.1, 0.15) is 10.7 Å². The van der Waals surface area contributed by atoms with Crippen LogP contribution in [-0.2, 0) is 6.54 Å². The predicted molar refractivity (Wildman–Crippen MR) is 75.3 cm³/mol. The molecule has 1 aromatic carbocycles. The lowest BCUT2D eigenvalue weighted by atomic mass is 10.1. The monoisotopic (exact) mass is 281 g/mol. The molecule has 0 atom stereocenters. The van der Waals surface area contributed by atoms with Crippen LogP contribution in [-0.4, -0.2) is 16.6 Å². The Labute approximate surface area is 115 Å². The van der Waals surface area contributed by atoms with Gasteiger partial charge in [-0.2, -0.15) is 0 Å². The van der Waals surface area contributed by atoms with E-state index in [4.69, 9.17) is 0 Å². The van der Waals surface area contributed by atoms with Crippen LogP contribution in [0.1, 0.15) is 36.0 Å². The first kappa shape index (κ1) is 14.0. The normalized spacial score (nSPS) is 12.0. The van der Waals surface area contributed by atoms with Gasteiger partial charge in [0.05, 0.1) is 0 Å². The molecule has 2 N–H and O–H groups in total. The van der Waals surface area contributed by atoms with E-state index in [1.807, 2.05) is 20.8 Å². The molecule has 0 saturated heterocycles. The van der Waals surface area contributed by atoms with Crippen molar-refractivity contribution in [3.8, 4) is 0 Å². The van der Waals surface area contributed by atoms with E-state index < -0.39 is 5.97 Å². The molecule has 0 aliphatic carbocycles. The lowest BCUT2D eigenvalue weighted by Gasteiger charge is -2.20. The highest BCUT2D eigenvalue weighted by Gasteiger charge is 2.21. The minimum atomic E-state index is -1.01. The van der Waals surface area contributed by atoms with Crippen LogP contribution in [0.4, 0.5) is 4.39 Å². The van der Waals surface area contributed by atoms with Gasteiger partial charge in [-0.15, -0.1) is 11.3 Å². The molecular weight excluding hydrogens is 265 g/mol. The smallest absolute Gasteiger partial charge is 0.346 e. The van der Waals surface area contributed by atoms with Crippen LogP contribution >= 0.6 is 11.3 Å². The van der Waals surface area contributed by atoms with Gasteiger partial charge >= 0.3 is 5.97 Å². The number of rotatable bonds is 3. The summed E-state index contributed by atoms with van der Waals surface area (Å²) < 4.78 is 14.6. The fourth-order valence-electron chi connectivity index (χ4n) is 1.86. The molecule has 2 rings (SSSR count). The third kappa shape index (κ3) is 2.93. The van der Waals surface area contributed by atoms with Crippen molar-refractivity contribution < 1.29 is 14.3 Å². The molecule has 1 aromatic heterocycles. The fraction of sp³-hybridized carbons (Fsp3) is 0.357. The van der Waals surface area contributed by atoms with Gasteiger partial charge < -0.3 is 10.4 Å². The predicted octanol–water partition coefficient (Wildman–Crippen LogP) is 3.63. The average Bonchev–Trinajstić information content (AvgIpc) is 2.65. The second-order valence-electron chi connectivity index (χ2n) is 5.43. The van der Waals surface area contributed by atoms with Crippen LogP contribution in [0.25, 0.3) is 10.1 Å².